The Morgan fingerprint density at radius 2 is 1.81 bits per heavy atom. The van der Waals surface area contributed by atoms with Crippen molar-refractivity contribution in [3.8, 4) is 0 Å². The van der Waals surface area contributed by atoms with Crippen LogP contribution in [0.5, 0.6) is 0 Å². The first kappa shape index (κ1) is 16.2. The lowest BCUT2D eigenvalue weighted by atomic mass is 9.87. The third-order valence-corrected chi connectivity index (χ3v) is 3.91. The van der Waals surface area contributed by atoms with Crippen molar-refractivity contribution in [3.63, 3.8) is 0 Å². The summed E-state index contributed by atoms with van der Waals surface area (Å²) in [5, 5.41) is 12.5. The molecule has 1 aliphatic carbocycles. The molecule has 21 heavy (non-hydrogen) atoms. The van der Waals surface area contributed by atoms with Crippen LogP contribution in [0, 0.1) is 11.7 Å². The standard InChI is InChI=1S/C15H19F4NO/c16-14-6-3-11(7-13(14)15(17,18)19)9-20-8-10-1-4-12(21)5-2-10/h3,6-7,10,12,20-21H,1-2,4-5,8-9H2. The third kappa shape index (κ3) is 4.68. The minimum atomic E-state index is -4.67. The fourth-order valence-corrected chi connectivity index (χ4v) is 2.67. The molecule has 0 spiro atoms. The van der Waals surface area contributed by atoms with Gasteiger partial charge >= 0.3 is 6.18 Å². The number of aliphatic hydroxyl groups is 1. The van der Waals surface area contributed by atoms with E-state index >= 15 is 0 Å². The Morgan fingerprint density at radius 3 is 2.43 bits per heavy atom. The molecule has 1 saturated carbocycles. The fraction of sp³-hybridized carbons (Fsp3) is 0.600. The van der Waals surface area contributed by atoms with Gasteiger partial charge in [-0.25, -0.2) is 4.39 Å². The van der Waals surface area contributed by atoms with E-state index in [1.54, 1.807) is 0 Å². The lowest BCUT2D eigenvalue weighted by Crippen LogP contribution is -2.27. The molecule has 0 atom stereocenters. The Bertz CT molecular complexity index is 467. The molecule has 1 aromatic rings. The van der Waals surface area contributed by atoms with E-state index in [2.05, 4.69) is 5.32 Å². The van der Waals surface area contributed by atoms with E-state index in [9.17, 15) is 22.7 Å². The quantitative estimate of drug-likeness (QED) is 0.835. The van der Waals surface area contributed by atoms with Crippen LogP contribution in [0.15, 0.2) is 18.2 Å². The van der Waals surface area contributed by atoms with Gasteiger partial charge < -0.3 is 10.4 Å². The SMILES string of the molecule is OC1CCC(CNCc2ccc(F)c(C(F)(F)F)c2)CC1. The molecule has 0 saturated heterocycles. The number of halogens is 4. The number of hydrogen-bond donors (Lipinski definition) is 2. The molecule has 2 rings (SSSR count). The molecule has 2 nitrogen and oxygen atoms in total. The Labute approximate surface area is 121 Å². The molecule has 0 bridgehead atoms. The largest absolute Gasteiger partial charge is 0.419 e. The van der Waals surface area contributed by atoms with E-state index in [1.165, 1.54) is 6.07 Å². The highest BCUT2D eigenvalue weighted by atomic mass is 19.4. The zero-order chi connectivity index (χ0) is 15.5. The van der Waals surface area contributed by atoms with E-state index in [4.69, 9.17) is 0 Å². The van der Waals surface area contributed by atoms with Crippen molar-refractivity contribution in [1.29, 1.82) is 0 Å². The van der Waals surface area contributed by atoms with Crippen molar-refractivity contribution in [3.05, 3.63) is 35.1 Å². The molecule has 2 N–H and O–H groups in total. The maximum Gasteiger partial charge on any atom is 0.419 e. The van der Waals surface area contributed by atoms with Crippen LogP contribution in [0.3, 0.4) is 0 Å². The number of benzene rings is 1. The highest BCUT2D eigenvalue weighted by Gasteiger charge is 2.34. The number of aliphatic hydroxyl groups excluding tert-OH is 1. The lowest BCUT2D eigenvalue weighted by Gasteiger charge is -2.25. The molecular weight excluding hydrogens is 286 g/mol. The molecule has 1 aliphatic rings. The summed E-state index contributed by atoms with van der Waals surface area (Å²) in [6.07, 6.45) is -1.48. The summed E-state index contributed by atoms with van der Waals surface area (Å²) in [5.41, 5.74) is -0.804. The fourth-order valence-electron chi connectivity index (χ4n) is 2.67. The Hall–Kier alpha value is -1.14. The Kier molecular flexibility index (Phi) is 5.22. The highest BCUT2D eigenvalue weighted by molar-refractivity contribution is 5.27. The lowest BCUT2D eigenvalue weighted by molar-refractivity contribution is -0.140. The second-order valence-corrected chi connectivity index (χ2v) is 5.62. The predicted molar refractivity (Wildman–Crippen MR) is 71.1 cm³/mol. The van der Waals surface area contributed by atoms with Gasteiger partial charge in [0.05, 0.1) is 11.7 Å². The monoisotopic (exact) mass is 305 g/mol. The van der Waals surface area contributed by atoms with Crippen molar-refractivity contribution < 1.29 is 22.7 Å². The molecule has 0 heterocycles. The average Bonchev–Trinajstić information content (AvgIpc) is 2.41. The van der Waals surface area contributed by atoms with Crippen LogP contribution in [0.1, 0.15) is 36.8 Å². The number of hydrogen-bond acceptors (Lipinski definition) is 2. The summed E-state index contributed by atoms with van der Waals surface area (Å²) in [4.78, 5) is 0. The maximum absolute atomic E-state index is 13.2. The summed E-state index contributed by atoms with van der Waals surface area (Å²) < 4.78 is 50.9. The van der Waals surface area contributed by atoms with Gasteiger partial charge in [0.1, 0.15) is 5.82 Å². The minimum Gasteiger partial charge on any atom is -0.393 e. The molecule has 0 radical (unpaired) electrons. The van der Waals surface area contributed by atoms with Gasteiger partial charge in [0.15, 0.2) is 0 Å². The van der Waals surface area contributed by atoms with Crippen molar-refractivity contribution >= 4 is 0 Å². The number of rotatable bonds is 4. The van der Waals surface area contributed by atoms with Gasteiger partial charge in [-0.3, -0.25) is 0 Å². The molecule has 6 heteroatoms. The molecule has 0 unspecified atom stereocenters. The predicted octanol–water partition coefficient (Wildman–Crippen LogP) is 3.49. The van der Waals surface area contributed by atoms with Gasteiger partial charge in [0, 0.05) is 6.54 Å². The van der Waals surface area contributed by atoms with Crippen molar-refractivity contribution in [1.82, 2.24) is 5.32 Å². The van der Waals surface area contributed by atoms with Crippen LogP contribution < -0.4 is 5.32 Å². The molecule has 0 aromatic heterocycles. The summed E-state index contributed by atoms with van der Waals surface area (Å²) in [5.74, 6) is -0.802. The first-order valence-corrected chi connectivity index (χ1v) is 7.10. The van der Waals surface area contributed by atoms with E-state index in [1.807, 2.05) is 0 Å². The second-order valence-electron chi connectivity index (χ2n) is 5.62. The van der Waals surface area contributed by atoms with Crippen LogP contribution in [-0.4, -0.2) is 17.8 Å². The summed E-state index contributed by atoms with van der Waals surface area (Å²) in [6.45, 7) is 0.980. The third-order valence-electron chi connectivity index (χ3n) is 3.91. The maximum atomic E-state index is 13.2. The van der Waals surface area contributed by atoms with Crippen LogP contribution in [0.2, 0.25) is 0 Å². The molecule has 0 amide bonds. The smallest absolute Gasteiger partial charge is 0.393 e. The first-order chi connectivity index (χ1) is 9.86. The summed E-state index contributed by atoms with van der Waals surface area (Å²) >= 11 is 0. The van der Waals surface area contributed by atoms with Crippen LogP contribution in [0.25, 0.3) is 0 Å². The zero-order valence-corrected chi connectivity index (χ0v) is 11.6. The van der Waals surface area contributed by atoms with E-state index in [0.29, 0.717) is 18.0 Å². The average molecular weight is 305 g/mol. The topological polar surface area (TPSA) is 32.3 Å². The molecule has 1 aromatic carbocycles. The van der Waals surface area contributed by atoms with Gasteiger partial charge in [-0.15, -0.1) is 0 Å². The summed E-state index contributed by atoms with van der Waals surface area (Å²) in [7, 11) is 0. The summed E-state index contributed by atoms with van der Waals surface area (Å²) in [6, 6.07) is 3.08. The van der Waals surface area contributed by atoms with Gasteiger partial charge in [0.25, 0.3) is 0 Å². The minimum absolute atomic E-state index is 0.215. The zero-order valence-electron chi connectivity index (χ0n) is 11.6. The number of nitrogens with one attached hydrogen (secondary N) is 1. The number of alkyl halides is 3. The molecular formula is C15H19F4NO. The first-order valence-electron chi connectivity index (χ1n) is 7.10. The van der Waals surface area contributed by atoms with E-state index < -0.39 is 17.6 Å². The normalized spacial score (nSPS) is 23.3. The van der Waals surface area contributed by atoms with E-state index in [-0.39, 0.29) is 12.6 Å². The van der Waals surface area contributed by atoms with Gasteiger partial charge in [0.2, 0.25) is 0 Å². The van der Waals surface area contributed by atoms with Crippen LogP contribution in [-0.2, 0) is 12.7 Å². The molecule has 118 valence electrons. The van der Waals surface area contributed by atoms with Gasteiger partial charge in [-0.2, -0.15) is 13.2 Å². The van der Waals surface area contributed by atoms with Crippen LogP contribution in [0.4, 0.5) is 17.6 Å². The van der Waals surface area contributed by atoms with E-state index in [0.717, 1.165) is 37.8 Å². The van der Waals surface area contributed by atoms with Crippen molar-refractivity contribution in [2.75, 3.05) is 6.54 Å². The molecule has 0 aliphatic heterocycles. The van der Waals surface area contributed by atoms with Crippen molar-refractivity contribution in [2.24, 2.45) is 5.92 Å². The Morgan fingerprint density at radius 1 is 1.14 bits per heavy atom. The van der Waals surface area contributed by atoms with Gasteiger partial charge in [-0.05, 0) is 55.8 Å². The second kappa shape index (κ2) is 6.75. The highest BCUT2D eigenvalue weighted by Crippen LogP contribution is 2.32. The Balaban J connectivity index is 1.86. The van der Waals surface area contributed by atoms with Crippen LogP contribution >= 0.6 is 0 Å². The van der Waals surface area contributed by atoms with Gasteiger partial charge in [-0.1, -0.05) is 6.07 Å². The molecule has 1 fully saturated rings. The van der Waals surface area contributed by atoms with Crippen molar-refractivity contribution in [2.45, 2.75) is 44.5 Å².